The SMILES string of the molecule is O=[N+]([O-])c1ccc(S(=O)(=O)N(CC2OCCO2)c2ccccc2Cn2cnc3c(Cl)nc(Cl)nc32)cc1. The van der Waals surface area contributed by atoms with Gasteiger partial charge >= 0.3 is 0 Å². The van der Waals surface area contributed by atoms with Crippen molar-refractivity contribution in [3.8, 4) is 0 Å². The van der Waals surface area contributed by atoms with Crippen LogP contribution in [0.15, 0.2) is 59.8 Å². The molecule has 2 aromatic carbocycles. The molecule has 1 aliphatic heterocycles. The molecule has 0 atom stereocenters. The lowest BCUT2D eigenvalue weighted by atomic mass is 10.1. The van der Waals surface area contributed by atoms with Crippen molar-refractivity contribution in [1.29, 1.82) is 0 Å². The summed E-state index contributed by atoms with van der Waals surface area (Å²) in [6.07, 6.45) is 0.719. The molecule has 0 saturated carbocycles. The number of para-hydroxylation sites is 1. The standard InChI is InChI=1S/C22H18Cl2N6O6S/c23-20-19-21(27-22(24)26-20)28(13-25-19)11-14-3-1-2-4-17(14)29(12-18-35-9-10-36-18)37(33,34)16-7-5-15(6-8-16)30(31)32/h1-8,13,18H,9-12H2. The van der Waals surface area contributed by atoms with Gasteiger partial charge in [-0.2, -0.15) is 4.98 Å². The number of anilines is 1. The number of imidazole rings is 1. The molecule has 37 heavy (non-hydrogen) atoms. The van der Waals surface area contributed by atoms with Gasteiger partial charge in [-0.05, 0) is 35.4 Å². The molecule has 192 valence electrons. The molecule has 12 nitrogen and oxygen atoms in total. The molecule has 15 heteroatoms. The molecular weight excluding hydrogens is 547 g/mol. The number of hydrogen-bond acceptors (Lipinski definition) is 9. The highest BCUT2D eigenvalue weighted by molar-refractivity contribution is 7.92. The smallest absolute Gasteiger partial charge is 0.269 e. The lowest BCUT2D eigenvalue weighted by Gasteiger charge is -2.28. The van der Waals surface area contributed by atoms with E-state index in [0.717, 1.165) is 12.1 Å². The second-order valence-electron chi connectivity index (χ2n) is 7.92. The summed E-state index contributed by atoms with van der Waals surface area (Å²) >= 11 is 12.1. The van der Waals surface area contributed by atoms with Gasteiger partial charge in [0.15, 0.2) is 17.1 Å². The van der Waals surface area contributed by atoms with Crippen molar-refractivity contribution < 1.29 is 22.8 Å². The van der Waals surface area contributed by atoms with Gasteiger partial charge in [0.25, 0.3) is 15.7 Å². The summed E-state index contributed by atoms with van der Waals surface area (Å²) in [7, 11) is -4.18. The number of ether oxygens (including phenoxy) is 2. The third-order valence-corrected chi connectivity index (χ3v) is 7.86. The number of hydrogen-bond donors (Lipinski definition) is 0. The Morgan fingerprint density at radius 2 is 1.78 bits per heavy atom. The van der Waals surface area contributed by atoms with Crippen molar-refractivity contribution in [2.45, 2.75) is 17.7 Å². The molecule has 1 aliphatic rings. The Morgan fingerprint density at radius 1 is 1.08 bits per heavy atom. The number of fused-ring (bicyclic) bond motifs is 1. The molecule has 0 bridgehead atoms. The van der Waals surface area contributed by atoms with E-state index >= 15 is 0 Å². The van der Waals surface area contributed by atoms with Crippen LogP contribution < -0.4 is 4.31 Å². The Balaban J connectivity index is 1.57. The number of non-ortho nitro benzene ring substituents is 1. The van der Waals surface area contributed by atoms with Crippen LogP contribution in [0.1, 0.15) is 5.56 Å². The van der Waals surface area contributed by atoms with Gasteiger partial charge in [-0.15, -0.1) is 0 Å². The Kier molecular flexibility index (Phi) is 6.96. The highest BCUT2D eigenvalue weighted by atomic mass is 35.5. The van der Waals surface area contributed by atoms with Crippen molar-refractivity contribution in [3.05, 3.63) is 81.0 Å². The van der Waals surface area contributed by atoms with Crippen LogP contribution in [0.2, 0.25) is 10.4 Å². The minimum absolute atomic E-state index is 0.0505. The Morgan fingerprint density at radius 3 is 2.49 bits per heavy atom. The summed E-state index contributed by atoms with van der Waals surface area (Å²) in [4.78, 5) is 22.7. The zero-order chi connectivity index (χ0) is 26.2. The molecule has 0 radical (unpaired) electrons. The number of nitro groups is 1. The van der Waals surface area contributed by atoms with Crippen molar-refractivity contribution in [1.82, 2.24) is 19.5 Å². The molecule has 2 aromatic heterocycles. The highest BCUT2D eigenvalue weighted by Gasteiger charge is 2.32. The average molecular weight is 565 g/mol. The van der Waals surface area contributed by atoms with E-state index in [1.54, 1.807) is 28.8 Å². The van der Waals surface area contributed by atoms with Crippen LogP contribution in [0.3, 0.4) is 0 Å². The third-order valence-electron chi connectivity index (χ3n) is 5.64. The second-order valence-corrected chi connectivity index (χ2v) is 10.5. The first-order valence-corrected chi connectivity index (χ1v) is 13.1. The summed E-state index contributed by atoms with van der Waals surface area (Å²) in [5.41, 5.74) is 1.47. The van der Waals surface area contributed by atoms with Gasteiger partial charge in [-0.3, -0.25) is 14.4 Å². The molecule has 0 amide bonds. The molecule has 0 unspecified atom stereocenters. The topological polar surface area (TPSA) is 143 Å². The summed E-state index contributed by atoms with van der Waals surface area (Å²) in [5.74, 6) is 0. The molecule has 1 fully saturated rings. The maximum atomic E-state index is 13.8. The van der Waals surface area contributed by atoms with E-state index in [1.807, 2.05) is 0 Å². The van der Waals surface area contributed by atoms with Crippen LogP contribution in [-0.2, 0) is 26.0 Å². The predicted octanol–water partition coefficient (Wildman–Crippen LogP) is 3.66. The van der Waals surface area contributed by atoms with Crippen LogP contribution in [0.4, 0.5) is 11.4 Å². The normalized spacial score (nSPS) is 14.3. The summed E-state index contributed by atoms with van der Waals surface area (Å²) in [6.45, 7) is 0.704. The van der Waals surface area contributed by atoms with E-state index in [-0.39, 0.29) is 34.1 Å². The van der Waals surface area contributed by atoms with Gasteiger partial charge in [0.05, 0.1) is 48.1 Å². The lowest BCUT2D eigenvalue weighted by molar-refractivity contribution is -0.384. The molecule has 5 rings (SSSR count). The number of nitro benzene ring substituents is 1. The number of nitrogens with zero attached hydrogens (tertiary/aromatic N) is 6. The monoisotopic (exact) mass is 564 g/mol. The maximum Gasteiger partial charge on any atom is 0.269 e. The second kappa shape index (κ2) is 10.2. The fourth-order valence-corrected chi connectivity index (χ4v) is 5.82. The largest absolute Gasteiger partial charge is 0.348 e. The molecule has 0 aliphatic carbocycles. The van der Waals surface area contributed by atoms with E-state index in [1.165, 1.54) is 22.8 Å². The van der Waals surface area contributed by atoms with E-state index in [4.69, 9.17) is 32.7 Å². The van der Waals surface area contributed by atoms with Crippen molar-refractivity contribution in [2.24, 2.45) is 0 Å². The van der Waals surface area contributed by atoms with E-state index in [0.29, 0.717) is 35.6 Å². The highest BCUT2D eigenvalue weighted by Crippen LogP contribution is 2.31. The molecule has 0 N–H and O–H groups in total. The van der Waals surface area contributed by atoms with E-state index in [9.17, 15) is 18.5 Å². The van der Waals surface area contributed by atoms with Gasteiger partial charge < -0.3 is 14.0 Å². The zero-order valence-electron chi connectivity index (χ0n) is 18.9. The van der Waals surface area contributed by atoms with Crippen molar-refractivity contribution >= 4 is 55.8 Å². The van der Waals surface area contributed by atoms with E-state index in [2.05, 4.69) is 15.0 Å². The quantitative estimate of drug-likeness (QED) is 0.135. The number of rotatable bonds is 8. The molecule has 0 spiro atoms. The number of halogens is 2. The maximum absolute atomic E-state index is 13.8. The Bertz CT molecular complexity index is 1570. The Labute approximate surface area is 220 Å². The number of benzene rings is 2. The van der Waals surface area contributed by atoms with Crippen LogP contribution in [0.5, 0.6) is 0 Å². The van der Waals surface area contributed by atoms with Crippen LogP contribution >= 0.6 is 23.2 Å². The van der Waals surface area contributed by atoms with Gasteiger partial charge in [0, 0.05) is 12.1 Å². The summed E-state index contributed by atoms with van der Waals surface area (Å²) < 4.78 is 41.6. The first kappa shape index (κ1) is 25.3. The first-order valence-electron chi connectivity index (χ1n) is 10.9. The fourth-order valence-electron chi connectivity index (χ4n) is 3.91. The fraction of sp³-hybridized carbons (Fsp3) is 0.227. The number of sulfonamides is 1. The lowest BCUT2D eigenvalue weighted by Crippen LogP contribution is -2.38. The van der Waals surface area contributed by atoms with Gasteiger partial charge in [0.2, 0.25) is 5.28 Å². The van der Waals surface area contributed by atoms with Crippen molar-refractivity contribution in [3.63, 3.8) is 0 Å². The minimum Gasteiger partial charge on any atom is -0.348 e. The van der Waals surface area contributed by atoms with Crippen LogP contribution in [-0.4, -0.2) is 58.9 Å². The van der Waals surface area contributed by atoms with Crippen LogP contribution in [0.25, 0.3) is 11.2 Å². The third kappa shape index (κ3) is 5.08. The molecule has 4 aromatic rings. The molecule has 1 saturated heterocycles. The predicted molar refractivity (Wildman–Crippen MR) is 134 cm³/mol. The minimum atomic E-state index is -4.18. The van der Waals surface area contributed by atoms with Crippen molar-refractivity contribution in [2.75, 3.05) is 24.1 Å². The molecular formula is C22H18Cl2N6O6S. The molecule has 3 heterocycles. The summed E-state index contributed by atoms with van der Waals surface area (Å²) in [6, 6.07) is 11.6. The van der Waals surface area contributed by atoms with Gasteiger partial charge in [0.1, 0.15) is 5.52 Å². The first-order chi connectivity index (χ1) is 17.7. The average Bonchev–Trinajstić information content (AvgIpc) is 3.53. The van der Waals surface area contributed by atoms with Crippen LogP contribution in [0, 0.1) is 10.1 Å². The van der Waals surface area contributed by atoms with Gasteiger partial charge in [-0.1, -0.05) is 29.8 Å². The zero-order valence-corrected chi connectivity index (χ0v) is 21.2. The van der Waals surface area contributed by atoms with E-state index < -0.39 is 21.2 Å². The Hall–Kier alpha value is -3.36. The summed E-state index contributed by atoms with van der Waals surface area (Å²) in [5, 5.41) is 11.1. The number of aromatic nitrogens is 4. The van der Waals surface area contributed by atoms with Gasteiger partial charge in [-0.25, -0.2) is 18.4 Å².